The Morgan fingerprint density at radius 2 is 2.38 bits per heavy atom. The van der Waals surface area contributed by atoms with Crippen LogP contribution in [-0.4, -0.2) is 16.6 Å². The van der Waals surface area contributed by atoms with Crippen LogP contribution in [0.15, 0.2) is 15.9 Å². The average molecular weight is 319 g/mol. The van der Waals surface area contributed by atoms with E-state index in [1.807, 2.05) is 18.4 Å². The van der Waals surface area contributed by atoms with Gasteiger partial charge in [-0.2, -0.15) is 0 Å². The minimum atomic E-state index is -0.602. The molecule has 0 fully saturated rings. The summed E-state index contributed by atoms with van der Waals surface area (Å²) in [6.07, 6.45) is -0.602. The van der Waals surface area contributed by atoms with E-state index in [4.69, 9.17) is 5.73 Å². The van der Waals surface area contributed by atoms with Crippen LogP contribution in [0.5, 0.6) is 0 Å². The number of aliphatic hydroxyl groups is 1. The number of hydrogen-bond acceptors (Lipinski definition) is 5. The zero-order valence-electron chi connectivity index (χ0n) is 8.61. The fourth-order valence-electron chi connectivity index (χ4n) is 1.36. The van der Waals surface area contributed by atoms with Crippen molar-refractivity contribution in [3.8, 4) is 9.88 Å². The smallest absolute Gasteiger partial charge is 0.134 e. The van der Waals surface area contributed by atoms with Gasteiger partial charge in [-0.15, -0.1) is 22.7 Å². The van der Waals surface area contributed by atoms with Crippen LogP contribution in [0, 0.1) is 6.92 Å². The second-order valence-corrected chi connectivity index (χ2v) is 6.21. The Bertz CT molecular complexity index is 495. The quantitative estimate of drug-likeness (QED) is 0.914. The van der Waals surface area contributed by atoms with Crippen LogP contribution in [0.4, 0.5) is 0 Å². The zero-order valence-corrected chi connectivity index (χ0v) is 11.8. The largest absolute Gasteiger partial charge is 0.386 e. The molecule has 2 aromatic rings. The topological polar surface area (TPSA) is 59.1 Å². The first-order chi connectivity index (χ1) is 7.61. The van der Waals surface area contributed by atoms with Gasteiger partial charge in [0.05, 0.1) is 15.4 Å². The lowest BCUT2D eigenvalue weighted by molar-refractivity contribution is 0.189. The first-order valence-corrected chi connectivity index (χ1v) is 7.20. The summed E-state index contributed by atoms with van der Waals surface area (Å²) in [5.74, 6) is 0. The summed E-state index contributed by atoms with van der Waals surface area (Å²) < 4.78 is 1.06. The van der Waals surface area contributed by atoms with Crippen molar-refractivity contribution in [1.29, 1.82) is 0 Å². The van der Waals surface area contributed by atoms with Crippen LogP contribution >= 0.6 is 38.6 Å². The molecule has 0 bridgehead atoms. The molecule has 0 radical (unpaired) electrons. The van der Waals surface area contributed by atoms with Gasteiger partial charge in [-0.1, -0.05) is 0 Å². The van der Waals surface area contributed by atoms with E-state index in [9.17, 15) is 5.11 Å². The molecule has 1 atom stereocenters. The predicted molar refractivity (Wildman–Crippen MR) is 71.9 cm³/mol. The van der Waals surface area contributed by atoms with Crippen molar-refractivity contribution in [3.05, 3.63) is 26.5 Å². The van der Waals surface area contributed by atoms with E-state index in [-0.39, 0.29) is 6.54 Å². The molecule has 3 nitrogen and oxygen atoms in total. The number of rotatable bonds is 3. The lowest BCUT2D eigenvalue weighted by Gasteiger charge is -2.03. The van der Waals surface area contributed by atoms with E-state index in [0.717, 1.165) is 24.9 Å². The number of halogens is 1. The highest BCUT2D eigenvalue weighted by atomic mass is 79.9. The minimum absolute atomic E-state index is 0.233. The summed E-state index contributed by atoms with van der Waals surface area (Å²) in [4.78, 5) is 6.43. The van der Waals surface area contributed by atoms with Gasteiger partial charge in [-0.25, -0.2) is 4.98 Å². The Kier molecular flexibility index (Phi) is 3.76. The molecule has 16 heavy (non-hydrogen) atoms. The van der Waals surface area contributed by atoms with Gasteiger partial charge in [-0.05, 0) is 28.9 Å². The third-order valence-electron chi connectivity index (χ3n) is 2.14. The Morgan fingerprint density at radius 3 is 2.94 bits per heavy atom. The van der Waals surface area contributed by atoms with Gasteiger partial charge >= 0.3 is 0 Å². The summed E-state index contributed by atoms with van der Waals surface area (Å²) in [5.41, 5.74) is 6.31. The number of hydrogen-bond donors (Lipinski definition) is 2. The molecule has 0 aliphatic heterocycles. The molecule has 2 rings (SSSR count). The highest BCUT2D eigenvalue weighted by Crippen LogP contribution is 2.35. The third-order valence-corrected chi connectivity index (χ3v) is 5.26. The molecule has 0 spiro atoms. The SMILES string of the molecule is Cc1nc(-c2cc(Br)cs2)sc1C(O)CN. The van der Waals surface area contributed by atoms with E-state index >= 15 is 0 Å². The molecule has 0 saturated heterocycles. The Balaban J connectivity index is 2.37. The van der Waals surface area contributed by atoms with Gasteiger partial charge in [-0.3, -0.25) is 0 Å². The van der Waals surface area contributed by atoms with Gasteiger partial charge in [0.15, 0.2) is 0 Å². The third kappa shape index (κ3) is 2.36. The van der Waals surface area contributed by atoms with E-state index < -0.39 is 6.10 Å². The first kappa shape index (κ1) is 12.2. The van der Waals surface area contributed by atoms with Gasteiger partial charge in [0.2, 0.25) is 0 Å². The molecule has 3 N–H and O–H groups in total. The fourth-order valence-corrected chi connectivity index (χ4v) is 3.91. The lowest BCUT2D eigenvalue weighted by atomic mass is 10.2. The second-order valence-electron chi connectivity index (χ2n) is 3.35. The van der Waals surface area contributed by atoms with Crippen LogP contribution in [0.1, 0.15) is 16.7 Å². The van der Waals surface area contributed by atoms with Crippen molar-refractivity contribution in [2.24, 2.45) is 5.73 Å². The van der Waals surface area contributed by atoms with Crippen molar-refractivity contribution in [3.63, 3.8) is 0 Å². The Labute approximate surface area is 110 Å². The molecule has 86 valence electrons. The maximum absolute atomic E-state index is 9.72. The van der Waals surface area contributed by atoms with Crippen LogP contribution in [0.25, 0.3) is 9.88 Å². The van der Waals surface area contributed by atoms with E-state index in [1.165, 1.54) is 11.3 Å². The van der Waals surface area contributed by atoms with Crippen LogP contribution in [0.3, 0.4) is 0 Å². The molecule has 2 aromatic heterocycles. The summed E-state index contributed by atoms with van der Waals surface area (Å²) in [7, 11) is 0. The molecule has 1 unspecified atom stereocenters. The number of thiazole rings is 1. The molecule has 6 heteroatoms. The van der Waals surface area contributed by atoms with E-state index in [2.05, 4.69) is 20.9 Å². The zero-order chi connectivity index (χ0) is 11.7. The summed E-state index contributed by atoms with van der Waals surface area (Å²) >= 11 is 6.55. The van der Waals surface area contributed by atoms with Gasteiger partial charge in [0.25, 0.3) is 0 Å². The molecular formula is C10H11BrN2OS2. The molecule has 0 aromatic carbocycles. The number of aromatic nitrogens is 1. The second kappa shape index (κ2) is 4.93. The average Bonchev–Trinajstić information content (AvgIpc) is 2.83. The molecule has 0 saturated carbocycles. The highest BCUT2D eigenvalue weighted by Gasteiger charge is 2.16. The van der Waals surface area contributed by atoms with Crippen LogP contribution in [-0.2, 0) is 0 Å². The molecule has 0 aliphatic rings. The van der Waals surface area contributed by atoms with Crippen LogP contribution in [0.2, 0.25) is 0 Å². The van der Waals surface area contributed by atoms with E-state index in [1.54, 1.807) is 11.3 Å². The van der Waals surface area contributed by atoms with Crippen molar-refractivity contribution in [1.82, 2.24) is 4.98 Å². The lowest BCUT2D eigenvalue weighted by Crippen LogP contribution is -2.10. The van der Waals surface area contributed by atoms with Crippen molar-refractivity contribution >= 4 is 38.6 Å². The van der Waals surface area contributed by atoms with Gasteiger partial charge < -0.3 is 10.8 Å². The molecule has 2 heterocycles. The number of nitrogens with zero attached hydrogens (tertiary/aromatic N) is 1. The van der Waals surface area contributed by atoms with Crippen molar-refractivity contribution in [2.75, 3.05) is 6.54 Å². The monoisotopic (exact) mass is 318 g/mol. The maximum atomic E-state index is 9.72. The predicted octanol–water partition coefficient (Wildman–Crippen LogP) is 2.93. The van der Waals surface area contributed by atoms with Gasteiger partial charge in [0.1, 0.15) is 11.1 Å². The number of nitrogens with two attached hydrogens (primary N) is 1. The number of aryl methyl sites for hydroxylation is 1. The van der Waals surface area contributed by atoms with Crippen molar-refractivity contribution in [2.45, 2.75) is 13.0 Å². The summed E-state index contributed by atoms with van der Waals surface area (Å²) in [5, 5.41) is 12.7. The summed E-state index contributed by atoms with van der Waals surface area (Å²) in [6, 6.07) is 2.03. The Hall–Kier alpha value is -0.270. The fraction of sp³-hybridized carbons (Fsp3) is 0.300. The van der Waals surface area contributed by atoms with Crippen molar-refractivity contribution < 1.29 is 5.11 Å². The van der Waals surface area contributed by atoms with Crippen LogP contribution < -0.4 is 5.73 Å². The normalized spacial score (nSPS) is 13.0. The number of aliphatic hydroxyl groups excluding tert-OH is 1. The molecule has 0 aliphatic carbocycles. The molecular weight excluding hydrogens is 308 g/mol. The maximum Gasteiger partial charge on any atom is 0.134 e. The number of thiophene rings is 1. The van der Waals surface area contributed by atoms with Gasteiger partial charge in [0, 0.05) is 16.4 Å². The highest BCUT2D eigenvalue weighted by molar-refractivity contribution is 9.10. The first-order valence-electron chi connectivity index (χ1n) is 4.71. The minimum Gasteiger partial charge on any atom is -0.386 e. The standard InChI is InChI=1S/C10H11BrN2OS2/c1-5-9(7(14)3-12)16-10(13-5)8-2-6(11)4-15-8/h2,4,7,14H,3,12H2,1H3. The molecule has 0 amide bonds. The summed E-state index contributed by atoms with van der Waals surface area (Å²) in [6.45, 7) is 2.13. The van der Waals surface area contributed by atoms with E-state index in [0.29, 0.717) is 0 Å². The Morgan fingerprint density at radius 1 is 1.62 bits per heavy atom.